The molecular formula is C17H28N2. The van der Waals surface area contributed by atoms with Crippen molar-refractivity contribution in [2.24, 2.45) is 17.1 Å². The Bertz CT molecular complexity index is 378. The lowest BCUT2D eigenvalue weighted by molar-refractivity contribution is 0.116. The largest absolute Gasteiger partial charge is 0.323 e. The molecule has 106 valence electrons. The highest BCUT2D eigenvalue weighted by atomic mass is 15.1. The van der Waals surface area contributed by atoms with Crippen molar-refractivity contribution in [2.45, 2.75) is 39.7 Å². The summed E-state index contributed by atoms with van der Waals surface area (Å²) in [5.74, 6) is 0.891. The van der Waals surface area contributed by atoms with Gasteiger partial charge in [-0.3, -0.25) is 0 Å². The Hall–Kier alpha value is -0.860. The van der Waals surface area contributed by atoms with Crippen LogP contribution in [0.5, 0.6) is 0 Å². The highest BCUT2D eigenvalue weighted by Crippen LogP contribution is 2.33. The third-order valence-electron chi connectivity index (χ3n) is 4.51. The van der Waals surface area contributed by atoms with E-state index in [2.05, 4.69) is 56.0 Å². The minimum Gasteiger partial charge on any atom is -0.323 e. The number of piperidine rings is 1. The summed E-state index contributed by atoms with van der Waals surface area (Å²) in [5, 5.41) is 0. The van der Waals surface area contributed by atoms with Crippen molar-refractivity contribution < 1.29 is 0 Å². The predicted octanol–water partition coefficient (Wildman–Crippen LogP) is 3.44. The van der Waals surface area contributed by atoms with Gasteiger partial charge in [-0.2, -0.15) is 0 Å². The summed E-state index contributed by atoms with van der Waals surface area (Å²) in [6.07, 6.45) is 2.66. The molecule has 2 rings (SSSR count). The molecular weight excluding hydrogens is 232 g/mol. The van der Waals surface area contributed by atoms with Crippen LogP contribution in [0.1, 0.15) is 45.2 Å². The molecule has 1 unspecified atom stereocenters. The summed E-state index contributed by atoms with van der Waals surface area (Å²) in [4.78, 5) is 2.59. The van der Waals surface area contributed by atoms with E-state index >= 15 is 0 Å². The molecule has 1 heterocycles. The molecule has 0 saturated carbocycles. The van der Waals surface area contributed by atoms with Crippen LogP contribution in [0.4, 0.5) is 0 Å². The normalized spacial score (nSPS) is 20.4. The van der Waals surface area contributed by atoms with Gasteiger partial charge in [-0.05, 0) is 42.8 Å². The van der Waals surface area contributed by atoms with Crippen LogP contribution in [0.3, 0.4) is 0 Å². The van der Waals surface area contributed by atoms with Gasteiger partial charge in [0.15, 0.2) is 0 Å². The molecule has 1 saturated heterocycles. The molecule has 2 nitrogen and oxygen atoms in total. The van der Waals surface area contributed by atoms with E-state index in [4.69, 9.17) is 5.73 Å². The number of nitrogens with two attached hydrogens (primary N) is 1. The third-order valence-corrected chi connectivity index (χ3v) is 4.51. The number of hydrogen-bond acceptors (Lipinski definition) is 2. The van der Waals surface area contributed by atoms with E-state index in [-0.39, 0.29) is 11.5 Å². The average molecular weight is 260 g/mol. The fourth-order valence-electron chi connectivity index (χ4n) is 3.01. The van der Waals surface area contributed by atoms with E-state index in [0.717, 1.165) is 12.5 Å². The van der Waals surface area contributed by atoms with Gasteiger partial charge in [-0.15, -0.1) is 0 Å². The van der Waals surface area contributed by atoms with Crippen molar-refractivity contribution in [3.8, 4) is 0 Å². The maximum Gasteiger partial charge on any atom is 0.0359 e. The highest BCUT2D eigenvalue weighted by molar-refractivity contribution is 5.20. The monoisotopic (exact) mass is 260 g/mol. The second kappa shape index (κ2) is 6.06. The van der Waals surface area contributed by atoms with Gasteiger partial charge in [0, 0.05) is 12.6 Å². The van der Waals surface area contributed by atoms with Gasteiger partial charge in [0.05, 0.1) is 0 Å². The standard InChI is InChI=1S/C17H28N2/c1-14-9-11-19(12-10-14)13-17(2,3)16(18)15-7-5-4-6-8-15/h4-8,14,16H,9-13,18H2,1-3H3. The quantitative estimate of drug-likeness (QED) is 0.898. The van der Waals surface area contributed by atoms with Crippen LogP contribution in [0.2, 0.25) is 0 Å². The second-order valence-corrected chi connectivity index (χ2v) is 6.84. The van der Waals surface area contributed by atoms with Crippen LogP contribution in [0.15, 0.2) is 30.3 Å². The molecule has 1 fully saturated rings. The Balaban J connectivity index is 1.97. The number of rotatable bonds is 4. The molecule has 2 heteroatoms. The Labute approximate surface area is 118 Å². The van der Waals surface area contributed by atoms with Gasteiger partial charge in [-0.25, -0.2) is 0 Å². The number of likely N-dealkylation sites (tertiary alicyclic amines) is 1. The summed E-state index contributed by atoms with van der Waals surface area (Å²) in [5.41, 5.74) is 7.85. The van der Waals surface area contributed by atoms with Crippen molar-refractivity contribution in [1.29, 1.82) is 0 Å². The van der Waals surface area contributed by atoms with E-state index in [9.17, 15) is 0 Å². The Morgan fingerprint density at radius 1 is 1.21 bits per heavy atom. The molecule has 0 aliphatic carbocycles. The van der Waals surface area contributed by atoms with Crippen LogP contribution < -0.4 is 5.73 Å². The molecule has 2 N–H and O–H groups in total. The van der Waals surface area contributed by atoms with Crippen molar-refractivity contribution >= 4 is 0 Å². The predicted molar refractivity (Wildman–Crippen MR) is 82.0 cm³/mol. The zero-order chi connectivity index (χ0) is 13.9. The molecule has 0 spiro atoms. The molecule has 0 aromatic heterocycles. The smallest absolute Gasteiger partial charge is 0.0359 e. The van der Waals surface area contributed by atoms with E-state index < -0.39 is 0 Å². The Morgan fingerprint density at radius 3 is 2.37 bits per heavy atom. The van der Waals surface area contributed by atoms with E-state index in [0.29, 0.717) is 0 Å². The van der Waals surface area contributed by atoms with Gasteiger partial charge >= 0.3 is 0 Å². The van der Waals surface area contributed by atoms with Crippen LogP contribution in [-0.4, -0.2) is 24.5 Å². The third kappa shape index (κ3) is 3.80. The van der Waals surface area contributed by atoms with Gasteiger partial charge in [-0.1, -0.05) is 51.1 Å². The summed E-state index contributed by atoms with van der Waals surface area (Å²) in [7, 11) is 0. The SMILES string of the molecule is CC1CCN(CC(C)(C)C(N)c2ccccc2)CC1. The van der Waals surface area contributed by atoms with Crippen LogP contribution >= 0.6 is 0 Å². The minimum absolute atomic E-state index is 0.105. The molecule has 0 radical (unpaired) electrons. The first-order valence-corrected chi connectivity index (χ1v) is 7.52. The van der Waals surface area contributed by atoms with Crippen molar-refractivity contribution in [2.75, 3.05) is 19.6 Å². The zero-order valence-corrected chi connectivity index (χ0v) is 12.6. The van der Waals surface area contributed by atoms with Crippen molar-refractivity contribution in [3.63, 3.8) is 0 Å². The summed E-state index contributed by atoms with van der Waals surface area (Å²) >= 11 is 0. The topological polar surface area (TPSA) is 29.3 Å². The maximum atomic E-state index is 6.49. The lowest BCUT2D eigenvalue weighted by atomic mass is 9.80. The molecule has 1 aromatic carbocycles. The Morgan fingerprint density at radius 2 is 1.79 bits per heavy atom. The molecule has 1 aliphatic heterocycles. The maximum absolute atomic E-state index is 6.49. The first kappa shape index (κ1) is 14.5. The number of hydrogen-bond donors (Lipinski definition) is 1. The van der Waals surface area contributed by atoms with E-state index in [1.54, 1.807) is 0 Å². The second-order valence-electron chi connectivity index (χ2n) is 6.84. The van der Waals surface area contributed by atoms with E-state index in [1.165, 1.54) is 31.5 Å². The van der Waals surface area contributed by atoms with Gasteiger partial charge in [0.25, 0.3) is 0 Å². The molecule has 1 atom stereocenters. The van der Waals surface area contributed by atoms with E-state index in [1.807, 2.05) is 0 Å². The summed E-state index contributed by atoms with van der Waals surface area (Å²) in [6.45, 7) is 10.5. The first-order valence-electron chi connectivity index (χ1n) is 7.52. The summed E-state index contributed by atoms with van der Waals surface area (Å²) < 4.78 is 0. The Kier molecular flexibility index (Phi) is 4.64. The molecule has 19 heavy (non-hydrogen) atoms. The van der Waals surface area contributed by atoms with Gasteiger partial charge in [0.2, 0.25) is 0 Å². The zero-order valence-electron chi connectivity index (χ0n) is 12.6. The minimum atomic E-state index is 0.105. The van der Waals surface area contributed by atoms with Crippen molar-refractivity contribution in [1.82, 2.24) is 4.90 Å². The molecule has 0 amide bonds. The fraction of sp³-hybridized carbons (Fsp3) is 0.647. The lowest BCUT2D eigenvalue weighted by Crippen LogP contribution is -2.43. The average Bonchev–Trinajstić information content (AvgIpc) is 2.41. The first-order chi connectivity index (χ1) is 8.99. The fourth-order valence-corrected chi connectivity index (χ4v) is 3.01. The molecule has 1 aromatic rings. The van der Waals surface area contributed by atoms with Gasteiger partial charge in [0.1, 0.15) is 0 Å². The number of nitrogens with zero attached hydrogens (tertiary/aromatic N) is 1. The van der Waals surface area contributed by atoms with Crippen LogP contribution in [0.25, 0.3) is 0 Å². The van der Waals surface area contributed by atoms with Crippen LogP contribution in [0, 0.1) is 11.3 Å². The molecule has 0 bridgehead atoms. The highest BCUT2D eigenvalue weighted by Gasteiger charge is 2.31. The summed E-state index contributed by atoms with van der Waals surface area (Å²) in [6, 6.07) is 10.6. The number of benzene rings is 1. The lowest BCUT2D eigenvalue weighted by Gasteiger charge is -2.39. The van der Waals surface area contributed by atoms with Gasteiger partial charge < -0.3 is 10.6 Å². The van der Waals surface area contributed by atoms with Crippen LogP contribution in [-0.2, 0) is 0 Å². The molecule has 1 aliphatic rings. The van der Waals surface area contributed by atoms with Crippen molar-refractivity contribution in [3.05, 3.63) is 35.9 Å².